The molecule has 0 aromatic heterocycles. The molecule has 1 aliphatic rings. The smallest absolute Gasteiger partial charge is 0.0505 e. The summed E-state index contributed by atoms with van der Waals surface area (Å²) in [5.41, 5.74) is 5.45. The quantitative estimate of drug-likeness (QED) is 0.529. The molecule has 3 N–H and O–H groups in total. The molecule has 0 aromatic rings. The lowest BCUT2D eigenvalue weighted by Gasteiger charge is -2.07. The molecule has 1 rings (SSSR count). The summed E-state index contributed by atoms with van der Waals surface area (Å²) >= 11 is 0. The van der Waals surface area contributed by atoms with Crippen LogP contribution < -0.4 is 5.73 Å². The zero-order chi connectivity index (χ0) is 6.91. The van der Waals surface area contributed by atoms with E-state index in [9.17, 15) is 0 Å². The van der Waals surface area contributed by atoms with Gasteiger partial charge in [0.2, 0.25) is 0 Å². The normalized spacial score (nSPS) is 40.4. The van der Waals surface area contributed by atoms with Crippen LogP contribution in [0.3, 0.4) is 0 Å². The van der Waals surface area contributed by atoms with E-state index < -0.39 is 0 Å². The van der Waals surface area contributed by atoms with E-state index in [2.05, 4.69) is 6.58 Å². The van der Waals surface area contributed by atoms with Gasteiger partial charge in [-0.2, -0.15) is 0 Å². The fourth-order valence-corrected chi connectivity index (χ4v) is 1.19. The largest absolute Gasteiger partial charge is 0.396 e. The highest BCUT2D eigenvalue weighted by molar-refractivity contribution is 5.10. The first kappa shape index (κ1) is 6.78. The van der Waals surface area contributed by atoms with Crippen molar-refractivity contribution in [3.63, 3.8) is 0 Å². The molecule has 0 heterocycles. The number of aliphatic hydroxyl groups is 1. The van der Waals surface area contributed by atoms with Crippen molar-refractivity contribution in [1.29, 1.82) is 0 Å². The van der Waals surface area contributed by atoms with Gasteiger partial charge in [-0.1, -0.05) is 6.08 Å². The zero-order valence-electron chi connectivity index (χ0n) is 5.51. The lowest BCUT2D eigenvalue weighted by molar-refractivity contribution is 0.209. The fourth-order valence-electron chi connectivity index (χ4n) is 1.19. The van der Waals surface area contributed by atoms with E-state index in [1.807, 2.05) is 6.08 Å². The van der Waals surface area contributed by atoms with E-state index >= 15 is 0 Å². The van der Waals surface area contributed by atoms with Gasteiger partial charge in [0.05, 0.1) is 6.61 Å². The maximum Gasteiger partial charge on any atom is 0.0505 e. The third-order valence-corrected chi connectivity index (χ3v) is 2.26. The molecule has 0 bridgehead atoms. The van der Waals surface area contributed by atoms with Gasteiger partial charge in [0.1, 0.15) is 0 Å². The van der Waals surface area contributed by atoms with Crippen molar-refractivity contribution in [2.45, 2.75) is 6.42 Å². The zero-order valence-corrected chi connectivity index (χ0v) is 5.51. The second-order valence-corrected chi connectivity index (χ2v) is 2.77. The van der Waals surface area contributed by atoms with E-state index in [-0.39, 0.29) is 12.0 Å². The predicted octanol–water partition coefficient (Wildman–Crippen LogP) is 0.130. The standard InChI is InChI=1S/C7H13NO/c1-2-6-3-7(6,4-8)5-9/h2,6,9H,1,3-5,8H2/t6-,7-/m1/s1. The van der Waals surface area contributed by atoms with E-state index in [0.717, 1.165) is 6.42 Å². The van der Waals surface area contributed by atoms with Crippen LogP contribution in [0.1, 0.15) is 6.42 Å². The summed E-state index contributed by atoms with van der Waals surface area (Å²) in [6.45, 7) is 4.44. The van der Waals surface area contributed by atoms with Gasteiger partial charge in [0.25, 0.3) is 0 Å². The average Bonchev–Trinajstić information content (AvgIpc) is 2.63. The predicted molar refractivity (Wildman–Crippen MR) is 36.9 cm³/mol. The lowest BCUT2D eigenvalue weighted by Crippen LogP contribution is -2.21. The van der Waals surface area contributed by atoms with Crippen LogP contribution in [0.15, 0.2) is 12.7 Å². The maximum absolute atomic E-state index is 8.83. The van der Waals surface area contributed by atoms with Crippen molar-refractivity contribution in [1.82, 2.24) is 0 Å². The van der Waals surface area contributed by atoms with Gasteiger partial charge in [0, 0.05) is 12.0 Å². The molecule has 0 radical (unpaired) electrons. The molecule has 9 heavy (non-hydrogen) atoms. The van der Waals surface area contributed by atoms with E-state index in [1.54, 1.807) is 0 Å². The summed E-state index contributed by atoms with van der Waals surface area (Å²) in [5.74, 6) is 0.465. The molecular formula is C7H13NO. The first-order valence-electron chi connectivity index (χ1n) is 3.22. The summed E-state index contributed by atoms with van der Waals surface area (Å²) in [4.78, 5) is 0. The molecule has 52 valence electrons. The van der Waals surface area contributed by atoms with E-state index in [1.165, 1.54) is 0 Å². The van der Waals surface area contributed by atoms with Crippen molar-refractivity contribution in [2.75, 3.05) is 13.2 Å². The highest BCUT2D eigenvalue weighted by atomic mass is 16.3. The second-order valence-electron chi connectivity index (χ2n) is 2.77. The molecule has 1 fully saturated rings. The number of hydrogen-bond acceptors (Lipinski definition) is 2. The van der Waals surface area contributed by atoms with Gasteiger partial charge >= 0.3 is 0 Å². The Morgan fingerprint density at radius 1 is 1.89 bits per heavy atom. The first-order valence-corrected chi connectivity index (χ1v) is 3.22. The minimum Gasteiger partial charge on any atom is -0.396 e. The highest BCUT2D eigenvalue weighted by Crippen LogP contribution is 2.51. The molecule has 0 spiro atoms. The van der Waals surface area contributed by atoms with Crippen molar-refractivity contribution in [2.24, 2.45) is 17.1 Å². The lowest BCUT2D eigenvalue weighted by atomic mass is 10.1. The third kappa shape index (κ3) is 0.884. The van der Waals surface area contributed by atoms with Gasteiger partial charge in [-0.05, 0) is 12.3 Å². The SMILES string of the molecule is C=C[C@@H]1C[C@@]1(CN)CO. The second kappa shape index (κ2) is 2.12. The van der Waals surface area contributed by atoms with Crippen LogP contribution in [0.4, 0.5) is 0 Å². The van der Waals surface area contributed by atoms with Crippen molar-refractivity contribution < 1.29 is 5.11 Å². The summed E-state index contributed by atoms with van der Waals surface area (Å²) < 4.78 is 0. The first-order chi connectivity index (χ1) is 4.29. The van der Waals surface area contributed by atoms with Gasteiger partial charge < -0.3 is 10.8 Å². The number of rotatable bonds is 3. The Bertz CT molecular complexity index is 118. The topological polar surface area (TPSA) is 46.2 Å². The van der Waals surface area contributed by atoms with Crippen LogP contribution in [0.5, 0.6) is 0 Å². The Morgan fingerprint density at radius 2 is 2.56 bits per heavy atom. The number of aliphatic hydroxyl groups excluding tert-OH is 1. The molecule has 2 atom stereocenters. The van der Waals surface area contributed by atoms with Gasteiger partial charge in [-0.3, -0.25) is 0 Å². The Balaban J connectivity index is 2.46. The number of allylic oxidation sites excluding steroid dienone is 1. The summed E-state index contributed by atoms with van der Waals surface area (Å²) in [6.07, 6.45) is 2.90. The Kier molecular flexibility index (Phi) is 1.60. The molecule has 2 nitrogen and oxygen atoms in total. The van der Waals surface area contributed by atoms with Crippen molar-refractivity contribution in [3.05, 3.63) is 12.7 Å². The molecule has 0 aliphatic heterocycles. The minimum atomic E-state index is 0.0156. The summed E-state index contributed by atoms with van der Waals surface area (Å²) in [7, 11) is 0. The molecule has 0 aromatic carbocycles. The van der Waals surface area contributed by atoms with Crippen LogP contribution in [-0.2, 0) is 0 Å². The van der Waals surface area contributed by atoms with Crippen LogP contribution in [0.2, 0.25) is 0 Å². The fraction of sp³-hybridized carbons (Fsp3) is 0.714. The molecule has 2 heteroatoms. The van der Waals surface area contributed by atoms with Gasteiger partial charge in [-0.25, -0.2) is 0 Å². The van der Waals surface area contributed by atoms with Crippen LogP contribution in [-0.4, -0.2) is 18.3 Å². The van der Waals surface area contributed by atoms with Crippen molar-refractivity contribution >= 4 is 0 Å². The molecule has 0 saturated heterocycles. The van der Waals surface area contributed by atoms with Gasteiger partial charge in [0.15, 0.2) is 0 Å². The Hall–Kier alpha value is -0.340. The minimum absolute atomic E-state index is 0.0156. The highest BCUT2D eigenvalue weighted by Gasteiger charge is 2.50. The monoisotopic (exact) mass is 127 g/mol. The molecular weight excluding hydrogens is 114 g/mol. The van der Waals surface area contributed by atoms with Crippen molar-refractivity contribution in [3.8, 4) is 0 Å². The Labute approximate surface area is 55.4 Å². The van der Waals surface area contributed by atoms with E-state index in [4.69, 9.17) is 10.8 Å². The van der Waals surface area contributed by atoms with Crippen LogP contribution >= 0.6 is 0 Å². The van der Waals surface area contributed by atoms with E-state index in [0.29, 0.717) is 12.5 Å². The summed E-state index contributed by atoms with van der Waals surface area (Å²) in [5, 5.41) is 8.83. The van der Waals surface area contributed by atoms with Crippen LogP contribution in [0.25, 0.3) is 0 Å². The number of nitrogens with two attached hydrogens (primary N) is 1. The average molecular weight is 127 g/mol. The molecule has 0 amide bonds. The summed E-state index contributed by atoms with van der Waals surface area (Å²) in [6, 6.07) is 0. The maximum atomic E-state index is 8.83. The molecule has 1 aliphatic carbocycles. The van der Waals surface area contributed by atoms with Gasteiger partial charge in [-0.15, -0.1) is 6.58 Å². The number of hydrogen-bond donors (Lipinski definition) is 2. The third-order valence-electron chi connectivity index (χ3n) is 2.26. The Morgan fingerprint density at radius 3 is 2.67 bits per heavy atom. The van der Waals surface area contributed by atoms with Crippen LogP contribution in [0, 0.1) is 11.3 Å². The molecule has 1 saturated carbocycles. The molecule has 0 unspecified atom stereocenters.